The first-order chi connectivity index (χ1) is 8.13. The van der Waals surface area contributed by atoms with Crippen molar-refractivity contribution in [2.45, 2.75) is 58.0 Å². The number of amides is 1. The molecule has 2 N–H and O–H groups in total. The van der Waals surface area contributed by atoms with Crippen molar-refractivity contribution >= 4 is 5.91 Å². The van der Waals surface area contributed by atoms with E-state index in [4.69, 9.17) is 4.84 Å². The third-order valence-corrected chi connectivity index (χ3v) is 3.65. The third kappa shape index (κ3) is 3.96. The maximum Gasteiger partial charge on any atom is 0.243 e. The lowest BCUT2D eigenvalue weighted by Crippen LogP contribution is -2.39. The van der Waals surface area contributed by atoms with Gasteiger partial charge in [-0.1, -0.05) is 13.8 Å². The first-order valence-electron chi connectivity index (χ1n) is 6.80. The lowest BCUT2D eigenvalue weighted by molar-refractivity contribution is -0.135. The van der Waals surface area contributed by atoms with E-state index in [1.54, 1.807) is 0 Å². The predicted molar refractivity (Wildman–Crippen MR) is 66.2 cm³/mol. The highest BCUT2D eigenvalue weighted by Gasteiger charge is 2.34. The molecule has 0 spiro atoms. The SMILES string of the molecule is CC(C)CONC(=O)CC1CC2CCC(C1)N2. The maximum atomic E-state index is 11.7. The Morgan fingerprint density at radius 1 is 1.35 bits per heavy atom. The van der Waals surface area contributed by atoms with Crippen LogP contribution in [0.4, 0.5) is 0 Å². The summed E-state index contributed by atoms with van der Waals surface area (Å²) in [6.07, 6.45) is 5.48. The number of fused-ring (bicyclic) bond motifs is 2. The first kappa shape index (κ1) is 12.8. The highest BCUT2D eigenvalue weighted by molar-refractivity contribution is 5.75. The van der Waals surface area contributed by atoms with Gasteiger partial charge in [-0.2, -0.15) is 0 Å². The van der Waals surface area contributed by atoms with Gasteiger partial charge in [-0.25, -0.2) is 5.48 Å². The molecule has 2 unspecified atom stereocenters. The second-order valence-electron chi connectivity index (χ2n) is 5.91. The molecule has 2 atom stereocenters. The molecule has 2 rings (SSSR count). The molecule has 2 bridgehead atoms. The quantitative estimate of drug-likeness (QED) is 0.718. The van der Waals surface area contributed by atoms with Crippen molar-refractivity contribution in [2.24, 2.45) is 11.8 Å². The monoisotopic (exact) mass is 240 g/mol. The fourth-order valence-electron chi connectivity index (χ4n) is 2.93. The van der Waals surface area contributed by atoms with E-state index in [0.717, 1.165) is 12.8 Å². The van der Waals surface area contributed by atoms with Crippen LogP contribution in [0.2, 0.25) is 0 Å². The fourth-order valence-corrected chi connectivity index (χ4v) is 2.93. The van der Waals surface area contributed by atoms with Crippen LogP contribution in [0.15, 0.2) is 0 Å². The smallest absolute Gasteiger partial charge is 0.243 e. The molecular formula is C13H24N2O2. The molecule has 0 aromatic carbocycles. The molecule has 2 saturated heterocycles. The Bertz CT molecular complexity index is 256. The Morgan fingerprint density at radius 3 is 2.59 bits per heavy atom. The summed E-state index contributed by atoms with van der Waals surface area (Å²) in [5.41, 5.74) is 2.55. The molecule has 0 radical (unpaired) electrons. The van der Waals surface area contributed by atoms with Crippen molar-refractivity contribution < 1.29 is 9.63 Å². The standard InChI is InChI=1S/C13H24N2O2/c1-9(2)8-17-15-13(16)7-10-5-11-3-4-12(6-10)14-11/h9-12,14H,3-8H2,1-2H3,(H,15,16). The minimum Gasteiger partial charge on any atom is -0.311 e. The number of hydroxylamine groups is 1. The number of piperidine rings is 1. The molecule has 4 heteroatoms. The highest BCUT2D eigenvalue weighted by atomic mass is 16.6. The molecule has 2 aliphatic rings. The van der Waals surface area contributed by atoms with E-state index >= 15 is 0 Å². The van der Waals surface area contributed by atoms with Gasteiger partial charge < -0.3 is 5.32 Å². The molecule has 4 nitrogen and oxygen atoms in total. The van der Waals surface area contributed by atoms with Gasteiger partial charge in [-0.3, -0.25) is 9.63 Å². The summed E-state index contributed by atoms with van der Waals surface area (Å²) in [6.45, 7) is 4.72. The van der Waals surface area contributed by atoms with Crippen molar-refractivity contribution in [3.63, 3.8) is 0 Å². The molecule has 17 heavy (non-hydrogen) atoms. The normalized spacial score (nSPS) is 31.8. The zero-order valence-electron chi connectivity index (χ0n) is 10.9. The second kappa shape index (κ2) is 5.83. The van der Waals surface area contributed by atoms with Crippen LogP contribution in [0.25, 0.3) is 0 Å². The van der Waals surface area contributed by atoms with Crippen LogP contribution in [-0.4, -0.2) is 24.6 Å². The number of hydrogen-bond acceptors (Lipinski definition) is 3. The summed E-state index contributed by atoms with van der Waals surface area (Å²) in [5.74, 6) is 1.03. The number of nitrogens with one attached hydrogen (secondary N) is 2. The summed E-state index contributed by atoms with van der Waals surface area (Å²) in [6, 6.07) is 1.31. The van der Waals surface area contributed by atoms with E-state index in [9.17, 15) is 4.79 Å². The van der Waals surface area contributed by atoms with Crippen LogP contribution < -0.4 is 10.8 Å². The predicted octanol–water partition coefficient (Wildman–Crippen LogP) is 1.61. The van der Waals surface area contributed by atoms with Crippen LogP contribution in [0.5, 0.6) is 0 Å². The lowest BCUT2D eigenvalue weighted by Gasteiger charge is -2.28. The maximum absolute atomic E-state index is 11.7. The largest absolute Gasteiger partial charge is 0.311 e. The van der Waals surface area contributed by atoms with E-state index in [1.807, 2.05) is 0 Å². The van der Waals surface area contributed by atoms with Gasteiger partial charge in [0.1, 0.15) is 0 Å². The van der Waals surface area contributed by atoms with Crippen molar-refractivity contribution in [1.82, 2.24) is 10.8 Å². The van der Waals surface area contributed by atoms with Gasteiger partial charge in [0.2, 0.25) is 5.91 Å². The second-order valence-corrected chi connectivity index (χ2v) is 5.91. The van der Waals surface area contributed by atoms with E-state index in [-0.39, 0.29) is 5.91 Å². The average Bonchev–Trinajstić information content (AvgIpc) is 2.57. The van der Waals surface area contributed by atoms with Crippen LogP contribution in [0.1, 0.15) is 46.0 Å². The van der Waals surface area contributed by atoms with E-state index in [2.05, 4.69) is 24.6 Å². The zero-order chi connectivity index (χ0) is 12.3. The minimum absolute atomic E-state index is 0.0388. The van der Waals surface area contributed by atoms with Crippen LogP contribution in [-0.2, 0) is 9.63 Å². The summed E-state index contributed by atoms with van der Waals surface area (Å²) in [4.78, 5) is 16.8. The Morgan fingerprint density at radius 2 is 2.00 bits per heavy atom. The zero-order valence-corrected chi connectivity index (χ0v) is 10.9. The van der Waals surface area contributed by atoms with Gasteiger partial charge in [0.15, 0.2) is 0 Å². The van der Waals surface area contributed by atoms with Gasteiger partial charge in [0.25, 0.3) is 0 Å². The number of rotatable bonds is 5. The van der Waals surface area contributed by atoms with Crippen LogP contribution >= 0.6 is 0 Å². The minimum atomic E-state index is 0.0388. The van der Waals surface area contributed by atoms with Crippen LogP contribution in [0.3, 0.4) is 0 Å². The van der Waals surface area contributed by atoms with Gasteiger partial charge >= 0.3 is 0 Å². The Kier molecular flexibility index (Phi) is 4.40. The number of carbonyl (C=O) groups excluding carboxylic acids is 1. The van der Waals surface area contributed by atoms with E-state index in [1.165, 1.54) is 12.8 Å². The van der Waals surface area contributed by atoms with Crippen molar-refractivity contribution in [3.05, 3.63) is 0 Å². The Balaban J connectivity index is 1.65. The summed E-state index contributed by atoms with van der Waals surface area (Å²) in [7, 11) is 0. The molecule has 1 amide bonds. The van der Waals surface area contributed by atoms with Crippen molar-refractivity contribution in [2.75, 3.05) is 6.61 Å². The van der Waals surface area contributed by atoms with E-state index in [0.29, 0.717) is 36.9 Å². The number of hydrogen-bond donors (Lipinski definition) is 2. The topological polar surface area (TPSA) is 50.4 Å². The summed E-state index contributed by atoms with van der Waals surface area (Å²) >= 11 is 0. The Hall–Kier alpha value is -0.610. The fraction of sp³-hybridized carbons (Fsp3) is 0.923. The molecule has 2 heterocycles. The molecule has 98 valence electrons. The van der Waals surface area contributed by atoms with Crippen molar-refractivity contribution in [3.8, 4) is 0 Å². The lowest BCUT2D eigenvalue weighted by atomic mass is 9.89. The highest BCUT2D eigenvalue weighted by Crippen LogP contribution is 2.32. The van der Waals surface area contributed by atoms with Gasteiger partial charge in [0, 0.05) is 18.5 Å². The molecular weight excluding hydrogens is 216 g/mol. The molecule has 0 saturated carbocycles. The van der Waals surface area contributed by atoms with Crippen molar-refractivity contribution in [1.29, 1.82) is 0 Å². The molecule has 2 aliphatic heterocycles. The molecule has 0 aromatic rings. The Labute approximate surface area is 103 Å². The third-order valence-electron chi connectivity index (χ3n) is 3.65. The van der Waals surface area contributed by atoms with Crippen LogP contribution in [0, 0.1) is 11.8 Å². The average molecular weight is 240 g/mol. The van der Waals surface area contributed by atoms with Gasteiger partial charge in [0.05, 0.1) is 6.61 Å². The molecule has 0 aromatic heterocycles. The summed E-state index contributed by atoms with van der Waals surface area (Å²) in [5, 5.41) is 3.59. The first-order valence-corrected chi connectivity index (χ1v) is 6.80. The van der Waals surface area contributed by atoms with Gasteiger partial charge in [-0.15, -0.1) is 0 Å². The van der Waals surface area contributed by atoms with Gasteiger partial charge in [-0.05, 0) is 37.5 Å². The van der Waals surface area contributed by atoms with E-state index < -0.39 is 0 Å². The summed E-state index contributed by atoms with van der Waals surface area (Å²) < 4.78 is 0. The molecule has 2 fully saturated rings. The number of carbonyl (C=O) groups is 1. The molecule has 0 aliphatic carbocycles.